The minimum atomic E-state index is -0.398. The van der Waals surface area contributed by atoms with Crippen LogP contribution in [0.5, 0.6) is 5.75 Å². The second-order valence-corrected chi connectivity index (χ2v) is 7.51. The van der Waals surface area contributed by atoms with Crippen LogP contribution >= 0.6 is 0 Å². The van der Waals surface area contributed by atoms with Crippen molar-refractivity contribution in [1.82, 2.24) is 19.8 Å². The number of likely N-dealkylation sites (N-methyl/N-ethyl adjacent to an activating group) is 1. The number of hydrogen-bond acceptors (Lipinski definition) is 6. The molecule has 2 heterocycles. The van der Waals surface area contributed by atoms with E-state index < -0.39 is 6.03 Å². The van der Waals surface area contributed by atoms with Crippen LogP contribution in [0.25, 0.3) is 11.1 Å². The zero-order valence-electron chi connectivity index (χ0n) is 17.7. The average Bonchev–Trinajstić information content (AvgIpc) is 2.80. The van der Waals surface area contributed by atoms with Gasteiger partial charge < -0.3 is 20.7 Å². The molecule has 2 aromatic carbocycles. The molecule has 1 aromatic heterocycles. The Hall–Kier alpha value is -3.65. The lowest BCUT2D eigenvalue weighted by atomic mass is 9.95. The van der Waals surface area contributed by atoms with Crippen LogP contribution in [0.1, 0.15) is 11.6 Å². The van der Waals surface area contributed by atoms with Gasteiger partial charge >= 0.3 is 6.03 Å². The summed E-state index contributed by atoms with van der Waals surface area (Å²) in [5, 5.41) is 3.33. The van der Waals surface area contributed by atoms with Crippen molar-refractivity contribution in [3.05, 3.63) is 66.5 Å². The number of ether oxygens (including phenoxy) is 1. The van der Waals surface area contributed by atoms with Gasteiger partial charge in [0.05, 0.1) is 13.2 Å². The van der Waals surface area contributed by atoms with Gasteiger partial charge in [0.25, 0.3) is 0 Å². The largest absolute Gasteiger partial charge is 0.497 e. The highest BCUT2D eigenvalue weighted by atomic mass is 16.5. The Morgan fingerprint density at radius 1 is 1.10 bits per heavy atom. The summed E-state index contributed by atoms with van der Waals surface area (Å²) in [6.45, 7) is 1.87. The third-order valence-electron chi connectivity index (χ3n) is 5.61. The molecule has 1 atom stereocenters. The van der Waals surface area contributed by atoms with E-state index in [1.165, 1.54) is 0 Å². The standard InChI is InChI=1S/C23H26N6O2/c1-28-12-13-29(22(24)30)15-21(28)19-14-17(16-4-7-18(31-2)8-5-16)6-9-20(19)27-23-25-10-3-11-26-23/h3-11,14,21H,12-13,15H2,1-2H3,(H2,24,30)(H,25,26,27). The van der Waals surface area contributed by atoms with E-state index in [1.54, 1.807) is 30.5 Å². The Bertz CT molecular complexity index is 1040. The number of nitrogens with one attached hydrogen (secondary N) is 1. The van der Waals surface area contributed by atoms with Gasteiger partial charge in [0.2, 0.25) is 5.95 Å². The lowest BCUT2D eigenvalue weighted by Gasteiger charge is -2.39. The van der Waals surface area contributed by atoms with Crippen molar-refractivity contribution < 1.29 is 9.53 Å². The van der Waals surface area contributed by atoms with Crippen LogP contribution in [0.2, 0.25) is 0 Å². The van der Waals surface area contributed by atoms with E-state index in [1.807, 2.05) is 30.3 Å². The molecule has 160 valence electrons. The summed E-state index contributed by atoms with van der Waals surface area (Å²) in [5.74, 6) is 1.33. The zero-order chi connectivity index (χ0) is 21.8. The van der Waals surface area contributed by atoms with Gasteiger partial charge in [-0.15, -0.1) is 0 Å². The van der Waals surface area contributed by atoms with E-state index in [0.717, 1.165) is 34.7 Å². The van der Waals surface area contributed by atoms with Gasteiger partial charge in [0.15, 0.2) is 0 Å². The van der Waals surface area contributed by atoms with Gasteiger partial charge in [0, 0.05) is 37.7 Å². The number of carbonyl (C=O) groups is 1. The fourth-order valence-corrected chi connectivity index (χ4v) is 3.81. The molecule has 0 saturated carbocycles. The number of carbonyl (C=O) groups excluding carboxylic acids is 1. The van der Waals surface area contributed by atoms with Crippen LogP contribution in [0.15, 0.2) is 60.9 Å². The second-order valence-electron chi connectivity index (χ2n) is 7.51. The SMILES string of the molecule is COc1ccc(-c2ccc(Nc3ncccn3)c(C3CN(C(N)=O)CCN3C)c2)cc1. The first-order valence-corrected chi connectivity index (χ1v) is 10.1. The first-order valence-electron chi connectivity index (χ1n) is 10.1. The minimum Gasteiger partial charge on any atom is -0.497 e. The molecule has 8 heteroatoms. The summed E-state index contributed by atoms with van der Waals surface area (Å²) >= 11 is 0. The first kappa shape index (κ1) is 20.6. The summed E-state index contributed by atoms with van der Waals surface area (Å²) in [4.78, 5) is 24.3. The van der Waals surface area contributed by atoms with E-state index in [9.17, 15) is 4.79 Å². The number of nitrogens with two attached hydrogens (primary N) is 1. The number of primary amides is 1. The lowest BCUT2D eigenvalue weighted by molar-refractivity contribution is 0.115. The topological polar surface area (TPSA) is 96.6 Å². The number of hydrogen-bond donors (Lipinski definition) is 2. The highest BCUT2D eigenvalue weighted by molar-refractivity contribution is 5.73. The second kappa shape index (κ2) is 9.01. The number of nitrogens with zero attached hydrogens (tertiary/aromatic N) is 4. The summed E-state index contributed by atoms with van der Waals surface area (Å²) in [6.07, 6.45) is 3.39. The maximum absolute atomic E-state index is 11.8. The Kier molecular flexibility index (Phi) is 5.99. The summed E-state index contributed by atoms with van der Waals surface area (Å²) in [7, 11) is 3.72. The Morgan fingerprint density at radius 3 is 2.48 bits per heavy atom. The van der Waals surface area contributed by atoms with Crippen LogP contribution in [0.3, 0.4) is 0 Å². The third-order valence-corrected chi connectivity index (χ3v) is 5.61. The molecule has 1 aliphatic rings. The number of benzene rings is 2. The molecule has 3 aromatic rings. The van der Waals surface area contributed by atoms with Crippen LogP contribution in [0.4, 0.5) is 16.4 Å². The van der Waals surface area contributed by atoms with Gasteiger partial charge in [-0.2, -0.15) is 0 Å². The molecule has 2 amide bonds. The normalized spacial score (nSPS) is 16.7. The third kappa shape index (κ3) is 4.59. The molecule has 3 N–H and O–H groups in total. The zero-order valence-corrected chi connectivity index (χ0v) is 17.7. The van der Waals surface area contributed by atoms with E-state index >= 15 is 0 Å². The van der Waals surface area contributed by atoms with Gasteiger partial charge in [-0.3, -0.25) is 4.90 Å². The first-order chi connectivity index (χ1) is 15.0. The van der Waals surface area contributed by atoms with Crippen molar-refractivity contribution in [2.45, 2.75) is 6.04 Å². The van der Waals surface area contributed by atoms with Crippen molar-refractivity contribution in [2.75, 3.05) is 39.1 Å². The van der Waals surface area contributed by atoms with Gasteiger partial charge in [-0.05, 0) is 54.1 Å². The van der Waals surface area contributed by atoms with Crippen molar-refractivity contribution in [3.63, 3.8) is 0 Å². The number of rotatable bonds is 5. The van der Waals surface area contributed by atoms with Crippen LogP contribution in [-0.4, -0.2) is 59.6 Å². The van der Waals surface area contributed by atoms with E-state index in [4.69, 9.17) is 10.5 Å². The fraction of sp³-hybridized carbons (Fsp3) is 0.261. The van der Waals surface area contributed by atoms with Crippen molar-refractivity contribution in [3.8, 4) is 16.9 Å². The van der Waals surface area contributed by atoms with E-state index in [2.05, 4.69) is 39.4 Å². The molecule has 0 bridgehead atoms. The number of amides is 2. The maximum Gasteiger partial charge on any atom is 0.314 e. The Labute approximate surface area is 181 Å². The number of anilines is 2. The van der Waals surface area contributed by atoms with Crippen LogP contribution in [0, 0.1) is 0 Å². The summed E-state index contributed by atoms with van der Waals surface area (Å²) in [5.41, 5.74) is 9.68. The van der Waals surface area contributed by atoms with E-state index in [-0.39, 0.29) is 6.04 Å². The minimum absolute atomic E-state index is 0.0225. The molecule has 1 aliphatic heterocycles. The number of methoxy groups -OCH3 is 1. The van der Waals surface area contributed by atoms with Crippen LogP contribution in [-0.2, 0) is 0 Å². The number of piperazine rings is 1. The summed E-state index contributed by atoms with van der Waals surface area (Å²) < 4.78 is 5.28. The molecule has 4 rings (SSSR count). The average molecular weight is 419 g/mol. The Morgan fingerprint density at radius 2 is 1.81 bits per heavy atom. The monoisotopic (exact) mass is 418 g/mol. The van der Waals surface area contributed by atoms with Crippen molar-refractivity contribution in [2.24, 2.45) is 5.73 Å². The van der Waals surface area contributed by atoms with Gasteiger partial charge in [-0.25, -0.2) is 14.8 Å². The molecule has 1 unspecified atom stereocenters. The maximum atomic E-state index is 11.8. The predicted octanol–water partition coefficient (Wildman–Crippen LogP) is 3.26. The molecule has 0 radical (unpaired) electrons. The molecule has 8 nitrogen and oxygen atoms in total. The molecular formula is C23H26N6O2. The highest BCUT2D eigenvalue weighted by Crippen LogP contribution is 2.35. The molecule has 1 saturated heterocycles. The van der Waals surface area contributed by atoms with Crippen molar-refractivity contribution in [1.29, 1.82) is 0 Å². The van der Waals surface area contributed by atoms with Crippen molar-refractivity contribution >= 4 is 17.7 Å². The predicted molar refractivity (Wildman–Crippen MR) is 120 cm³/mol. The molecule has 31 heavy (non-hydrogen) atoms. The lowest BCUT2D eigenvalue weighted by Crippen LogP contribution is -2.50. The Balaban J connectivity index is 1.74. The molecule has 1 fully saturated rings. The molecule has 0 aliphatic carbocycles. The molecule has 0 spiro atoms. The number of aromatic nitrogens is 2. The van der Waals surface area contributed by atoms with Gasteiger partial charge in [-0.1, -0.05) is 18.2 Å². The van der Waals surface area contributed by atoms with Gasteiger partial charge in [0.1, 0.15) is 5.75 Å². The fourth-order valence-electron chi connectivity index (χ4n) is 3.81. The molecular weight excluding hydrogens is 392 g/mol. The number of urea groups is 1. The summed E-state index contributed by atoms with van der Waals surface area (Å²) in [6, 6.07) is 15.6. The quantitative estimate of drug-likeness (QED) is 0.660. The smallest absolute Gasteiger partial charge is 0.314 e. The van der Waals surface area contributed by atoms with Crippen LogP contribution < -0.4 is 15.8 Å². The van der Waals surface area contributed by atoms with E-state index in [0.29, 0.717) is 19.0 Å². The highest BCUT2D eigenvalue weighted by Gasteiger charge is 2.29.